The van der Waals surface area contributed by atoms with E-state index in [0.717, 1.165) is 25.5 Å². The van der Waals surface area contributed by atoms with Crippen LogP contribution in [0.1, 0.15) is 36.2 Å². The lowest BCUT2D eigenvalue weighted by atomic mass is 10.1. The summed E-state index contributed by atoms with van der Waals surface area (Å²) in [7, 11) is 1.45. The van der Waals surface area contributed by atoms with Crippen LogP contribution in [0.25, 0.3) is 10.9 Å². The summed E-state index contributed by atoms with van der Waals surface area (Å²) in [6.45, 7) is 3.97. The predicted molar refractivity (Wildman–Crippen MR) is 127 cm³/mol. The number of hydrogen-bond acceptors (Lipinski definition) is 9. The van der Waals surface area contributed by atoms with Gasteiger partial charge in [-0.15, -0.1) is 0 Å². The Kier molecular flexibility index (Phi) is 8.35. The number of aromatic carboxylic acids is 1. The molecule has 1 aliphatic carbocycles. The number of carboxylic acid groups (broad SMARTS) is 3. The molecule has 1 aromatic carbocycles. The van der Waals surface area contributed by atoms with Crippen LogP contribution in [0.5, 0.6) is 5.75 Å². The van der Waals surface area contributed by atoms with Crippen LogP contribution in [-0.2, 0) is 9.59 Å². The number of rotatable bonds is 7. The number of halogens is 1. The number of ether oxygens (including phenoxy) is 1. The van der Waals surface area contributed by atoms with E-state index in [9.17, 15) is 24.3 Å². The molecule has 0 radical (unpaired) electrons. The number of fused-ring (bicyclic) bond motifs is 1. The number of carboxylic acids is 3. The molecule has 6 N–H and O–H groups in total. The Bertz CT molecular complexity index is 1260. The number of anilines is 1. The maximum absolute atomic E-state index is 15.1. The van der Waals surface area contributed by atoms with Crippen molar-refractivity contribution in [3.63, 3.8) is 0 Å². The molecule has 3 unspecified atom stereocenters. The van der Waals surface area contributed by atoms with Crippen molar-refractivity contribution in [2.24, 2.45) is 0 Å². The maximum atomic E-state index is 15.1. The van der Waals surface area contributed by atoms with Crippen LogP contribution in [-0.4, -0.2) is 93.0 Å². The summed E-state index contributed by atoms with van der Waals surface area (Å²) in [6, 6.07) is 1.45. The fourth-order valence-corrected chi connectivity index (χ4v) is 4.13. The van der Waals surface area contributed by atoms with Gasteiger partial charge in [0, 0.05) is 37.9 Å². The molecule has 1 saturated carbocycles. The molecule has 2 heterocycles. The zero-order chi connectivity index (χ0) is 27.6. The topological polar surface area (TPSA) is 199 Å². The summed E-state index contributed by atoms with van der Waals surface area (Å²) in [5.74, 6) is -5.13. The SMILES string of the molecule is COc1c(N2CCNC(C)C2)c(F)cc2c(=O)c(C(=O)O)cn(C3CC3)c12.O=C(O)C(O)C(O)C(=O)O. The van der Waals surface area contributed by atoms with Gasteiger partial charge in [-0.1, -0.05) is 0 Å². The first-order chi connectivity index (χ1) is 17.4. The molecular weight excluding hydrogens is 497 g/mol. The lowest BCUT2D eigenvalue weighted by Gasteiger charge is -2.35. The van der Waals surface area contributed by atoms with Crippen molar-refractivity contribution in [1.82, 2.24) is 9.88 Å². The lowest BCUT2D eigenvalue weighted by Crippen LogP contribution is -2.49. The van der Waals surface area contributed by atoms with Gasteiger partial charge in [-0.2, -0.15) is 0 Å². The van der Waals surface area contributed by atoms with Crippen LogP contribution in [0.2, 0.25) is 0 Å². The molecule has 202 valence electrons. The minimum Gasteiger partial charge on any atom is -0.492 e. The van der Waals surface area contributed by atoms with Crippen LogP contribution in [0.4, 0.5) is 10.1 Å². The van der Waals surface area contributed by atoms with E-state index >= 15 is 4.39 Å². The fraction of sp³-hybridized carbons (Fsp3) is 0.478. The molecule has 0 amide bonds. The highest BCUT2D eigenvalue weighted by Crippen LogP contribution is 2.43. The first-order valence-corrected chi connectivity index (χ1v) is 11.4. The second-order valence-corrected chi connectivity index (χ2v) is 8.82. The Labute approximate surface area is 209 Å². The van der Waals surface area contributed by atoms with Gasteiger partial charge in [0.05, 0.1) is 18.0 Å². The van der Waals surface area contributed by atoms with Gasteiger partial charge >= 0.3 is 17.9 Å². The number of aliphatic carboxylic acids is 2. The van der Waals surface area contributed by atoms with Gasteiger partial charge < -0.3 is 45.1 Å². The number of pyridine rings is 1. The molecule has 2 fully saturated rings. The minimum absolute atomic E-state index is 0.0445. The number of piperazine rings is 1. The van der Waals surface area contributed by atoms with Gasteiger partial charge in [0.25, 0.3) is 0 Å². The number of hydrogen-bond donors (Lipinski definition) is 6. The Balaban J connectivity index is 0.000000325. The summed E-state index contributed by atoms with van der Waals surface area (Å²) in [6.07, 6.45) is -1.39. The molecule has 1 saturated heterocycles. The van der Waals surface area contributed by atoms with E-state index in [4.69, 9.17) is 25.2 Å². The van der Waals surface area contributed by atoms with E-state index in [2.05, 4.69) is 5.32 Å². The first kappa shape index (κ1) is 27.8. The molecule has 0 bridgehead atoms. The summed E-state index contributed by atoms with van der Waals surface area (Å²) < 4.78 is 22.5. The molecule has 1 aromatic heterocycles. The van der Waals surface area contributed by atoms with Gasteiger partial charge in [0.1, 0.15) is 11.3 Å². The number of methoxy groups -OCH3 is 1. The zero-order valence-electron chi connectivity index (χ0n) is 20.0. The average Bonchev–Trinajstić information content (AvgIpc) is 3.68. The molecule has 1 aliphatic heterocycles. The maximum Gasteiger partial charge on any atom is 0.341 e. The van der Waals surface area contributed by atoms with Crippen LogP contribution < -0.4 is 20.4 Å². The second-order valence-electron chi connectivity index (χ2n) is 8.82. The Hall–Kier alpha value is -3.75. The lowest BCUT2D eigenvalue weighted by molar-refractivity contribution is -0.165. The van der Waals surface area contributed by atoms with Crippen LogP contribution in [0, 0.1) is 5.82 Å². The number of nitrogens with one attached hydrogen (secondary N) is 1. The molecule has 14 heteroatoms. The quantitative estimate of drug-likeness (QED) is 0.280. The monoisotopic (exact) mass is 525 g/mol. The van der Waals surface area contributed by atoms with Crippen molar-refractivity contribution in [3.8, 4) is 5.75 Å². The third kappa shape index (κ3) is 5.81. The van der Waals surface area contributed by atoms with Gasteiger partial charge in [0.15, 0.2) is 23.8 Å². The summed E-state index contributed by atoms with van der Waals surface area (Å²) in [5.41, 5.74) is -0.237. The van der Waals surface area contributed by atoms with E-state index < -0.39 is 41.4 Å². The fourth-order valence-electron chi connectivity index (χ4n) is 4.13. The van der Waals surface area contributed by atoms with Crippen molar-refractivity contribution < 1.29 is 49.0 Å². The predicted octanol–water partition coefficient (Wildman–Crippen LogP) is -0.142. The first-order valence-electron chi connectivity index (χ1n) is 11.4. The van der Waals surface area contributed by atoms with Crippen LogP contribution in [0.3, 0.4) is 0 Å². The van der Waals surface area contributed by atoms with E-state index in [1.165, 1.54) is 13.3 Å². The zero-order valence-corrected chi connectivity index (χ0v) is 20.0. The molecule has 4 rings (SSSR count). The average molecular weight is 525 g/mol. The second kappa shape index (κ2) is 11.1. The van der Waals surface area contributed by atoms with E-state index in [1.54, 1.807) is 4.57 Å². The van der Waals surface area contributed by atoms with Crippen molar-refractivity contribution in [1.29, 1.82) is 0 Å². The summed E-state index contributed by atoms with van der Waals surface area (Å²) in [5, 5.41) is 45.3. The number of aromatic nitrogens is 1. The number of aliphatic hydroxyl groups is 2. The third-order valence-electron chi connectivity index (χ3n) is 6.06. The molecule has 2 aliphatic rings. The van der Waals surface area contributed by atoms with Crippen molar-refractivity contribution in [2.45, 2.75) is 44.1 Å². The van der Waals surface area contributed by atoms with Crippen LogP contribution in [0.15, 0.2) is 17.1 Å². The van der Waals surface area contributed by atoms with E-state index in [0.29, 0.717) is 30.0 Å². The minimum atomic E-state index is -2.27. The van der Waals surface area contributed by atoms with Crippen LogP contribution >= 0.6 is 0 Å². The highest BCUT2D eigenvalue weighted by molar-refractivity contribution is 5.97. The summed E-state index contributed by atoms with van der Waals surface area (Å²) >= 11 is 0. The number of nitrogens with zero attached hydrogens (tertiary/aromatic N) is 2. The van der Waals surface area contributed by atoms with Gasteiger partial charge in [-0.25, -0.2) is 18.8 Å². The molecule has 2 aromatic rings. The third-order valence-corrected chi connectivity index (χ3v) is 6.06. The Morgan fingerprint density at radius 2 is 1.73 bits per heavy atom. The van der Waals surface area contributed by atoms with Crippen molar-refractivity contribution in [3.05, 3.63) is 33.9 Å². The number of benzene rings is 1. The molecule has 37 heavy (non-hydrogen) atoms. The van der Waals surface area contributed by atoms with E-state index in [1.807, 2.05) is 11.8 Å². The van der Waals surface area contributed by atoms with Gasteiger partial charge in [-0.05, 0) is 25.8 Å². The van der Waals surface area contributed by atoms with Gasteiger partial charge in [0.2, 0.25) is 5.43 Å². The standard InChI is InChI=1S/C19H22FN3O4.C4H6O6/c1-10-8-22(6-5-21-10)16-14(20)7-12-15(18(16)27-2)23(11-3-4-11)9-13(17(12)24)19(25)26;5-1(3(7)8)2(6)4(9)10/h7,9-11,21H,3-6,8H2,1-2H3,(H,25,26);1-2,5-6H,(H,7,8)(H,9,10). The van der Waals surface area contributed by atoms with Crippen molar-refractivity contribution >= 4 is 34.5 Å². The summed E-state index contributed by atoms with van der Waals surface area (Å²) in [4.78, 5) is 45.6. The van der Waals surface area contributed by atoms with Gasteiger partial charge in [-0.3, -0.25) is 4.79 Å². The molecule has 3 atom stereocenters. The molecular formula is C23H28FN3O10. The largest absolute Gasteiger partial charge is 0.492 e. The Morgan fingerprint density at radius 1 is 1.14 bits per heavy atom. The smallest absolute Gasteiger partial charge is 0.341 e. The molecule has 0 spiro atoms. The van der Waals surface area contributed by atoms with E-state index in [-0.39, 0.29) is 23.0 Å². The Morgan fingerprint density at radius 3 is 2.19 bits per heavy atom. The highest BCUT2D eigenvalue weighted by Gasteiger charge is 2.32. The number of aliphatic hydroxyl groups excluding tert-OH is 2. The highest BCUT2D eigenvalue weighted by atomic mass is 19.1. The molecule has 13 nitrogen and oxygen atoms in total. The van der Waals surface area contributed by atoms with Crippen molar-refractivity contribution in [2.75, 3.05) is 31.6 Å². The number of carbonyl (C=O) groups is 3. The normalized spacial score (nSPS) is 18.9.